The van der Waals surface area contributed by atoms with Gasteiger partial charge < -0.3 is 9.47 Å². The molecule has 1 aromatic rings. The molecule has 0 radical (unpaired) electrons. The molecule has 1 aliphatic carbocycles. The van der Waals surface area contributed by atoms with Gasteiger partial charge in [0, 0.05) is 17.7 Å². The van der Waals surface area contributed by atoms with Crippen molar-refractivity contribution in [3.8, 4) is 0 Å². The smallest absolute Gasteiger partial charge is 0.166 e. The minimum absolute atomic E-state index is 0.0577. The SMILES string of the molecule is CC=CCCC1CC=C(c2ccc(COCCOCC)c(F)c2F)CC1. The van der Waals surface area contributed by atoms with E-state index in [1.807, 2.05) is 13.8 Å². The van der Waals surface area contributed by atoms with Crippen LogP contribution in [0.4, 0.5) is 8.78 Å². The van der Waals surface area contributed by atoms with Gasteiger partial charge in [0.15, 0.2) is 11.6 Å². The zero-order chi connectivity index (χ0) is 18.8. The van der Waals surface area contributed by atoms with Gasteiger partial charge in [-0.15, -0.1) is 0 Å². The fourth-order valence-electron chi connectivity index (χ4n) is 3.29. The summed E-state index contributed by atoms with van der Waals surface area (Å²) in [6.45, 7) is 5.44. The fourth-order valence-corrected chi connectivity index (χ4v) is 3.29. The van der Waals surface area contributed by atoms with Crippen molar-refractivity contribution < 1.29 is 18.3 Å². The minimum Gasteiger partial charge on any atom is -0.379 e. The molecule has 0 saturated carbocycles. The zero-order valence-corrected chi connectivity index (χ0v) is 15.9. The lowest BCUT2D eigenvalue weighted by Crippen LogP contribution is -2.08. The van der Waals surface area contributed by atoms with E-state index in [2.05, 4.69) is 18.2 Å². The van der Waals surface area contributed by atoms with Gasteiger partial charge >= 0.3 is 0 Å². The lowest BCUT2D eigenvalue weighted by atomic mass is 9.84. The van der Waals surface area contributed by atoms with Crippen LogP contribution in [0, 0.1) is 17.6 Å². The van der Waals surface area contributed by atoms with Crippen molar-refractivity contribution in [2.45, 2.75) is 52.6 Å². The third-order valence-electron chi connectivity index (χ3n) is 4.84. The molecular weight excluding hydrogens is 334 g/mol. The van der Waals surface area contributed by atoms with Gasteiger partial charge in [-0.1, -0.05) is 30.4 Å². The summed E-state index contributed by atoms with van der Waals surface area (Å²) in [5, 5.41) is 0. The van der Waals surface area contributed by atoms with Crippen LogP contribution in [-0.4, -0.2) is 19.8 Å². The van der Waals surface area contributed by atoms with E-state index in [-0.39, 0.29) is 12.2 Å². The summed E-state index contributed by atoms with van der Waals surface area (Å²) < 4.78 is 39.4. The van der Waals surface area contributed by atoms with Crippen molar-refractivity contribution in [1.82, 2.24) is 0 Å². The Morgan fingerprint density at radius 2 is 1.96 bits per heavy atom. The van der Waals surface area contributed by atoms with E-state index >= 15 is 0 Å². The Bertz CT molecular complexity index is 623. The number of benzene rings is 1. The molecule has 0 bridgehead atoms. The standard InChI is InChI=1S/C22H30F2O2/c1-3-5-6-7-17-8-10-18(11-9-17)20-13-12-19(21(23)22(20)24)16-26-15-14-25-4-2/h3,5,10,12-13,17H,4,6-9,11,14-16H2,1-2H3. The van der Waals surface area contributed by atoms with E-state index in [1.165, 1.54) is 0 Å². The molecule has 0 heterocycles. The molecule has 1 unspecified atom stereocenters. The number of ether oxygens (including phenoxy) is 2. The number of rotatable bonds is 10. The van der Waals surface area contributed by atoms with Crippen LogP contribution in [0.2, 0.25) is 0 Å². The fraction of sp³-hybridized carbons (Fsp3) is 0.545. The number of halogens is 2. The molecule has 0 fully saturated rings. The van der Waals surface area contributed by atoms with Crippen molar-refractivity contribution in [1.29, 1.82) is 0 Å². The Morgan fingerprint density at radius 3 is 2.65 bits per heavy atom. The summed E-state index contributed by atoms with van der Waals surface area (Å²) in [5.41, 5.74) is 1.57. The van der Waals surface area contributed by atoms with Crippen LogP contribution in [0.25, 0.3) is 5.57 Å². The molecule has 0 spiro atoms. The van der Waals surface area contributed by atoms with Gasteiger partial charge in [0.1, 0.15) is 0 Å². The second-order valence-corrected chi connectivity index (χ2v) is 6.67. The summed E-state index contributed by atoms with van der Waals surface area (Å²) in [5.74, 6) is -0.912. The number of hydrogen-bond donors (Lipinski definition) is 0. The van der Waals surface area contributed by atoms with E-state index in [1.54, 1.807) is 12.1 Å². The van der Waals surface area contributed by atoms with Gasteiger partial charge in [0.25, 0.3) is 0 Å². The van der Waals surface area contributed by atoms with Crippen molar-refractivity contribution in [2.24, 2.45) is 5.92 Å². The average Bonchev–Trinajstić information content (AvgIpc) is 2.66. The van der Waals surface area contributed by atoms with Gasteiger partial charge in [-0.05, 0) is 57.4 Å². The maximum absolute atomic E-state index is 14.5. The first-order valence-corrected chi connectivity index (χ1v) is 9.60. The molecule has 0 saturated heterocycles. The highest BCUT2D eigenvalue weighted by molar-refractivity contribution is 5.67. The summed E-state index contributed by atoms with van der Waals surface area (Å²) in [6.07, 6.45) is 11.4. The van der Waals surface area contributed by atoms with Crippen molar-refractivity contribution in [2.75, 3.05) is 19.8 Å². The summed E-state index contributed by atoms with van der Waals surface area (Å²) in [6, 6.07) is 3.32. The maximum atomic E-state index is 14.5. The molecule has 1 aliphatic rings. The van der Waals surface area contributed by atoms with Crippen LogP contribution in [0.1, 0.15) is 57.1 Å². The molecule has 26 heavy (non-hydrogen) atoms. The summed E-state index contributed by atoms with van der Waals surface area (Å²) >= 11 is 0. The molecule has 1 atom stereocenters. The third-order valence-corrected chi connectivity index (χ3v) is 4.84. The van der Waals surface area contributed by atoms with Crippen LogP contribution in [0.15, 0.2) is 30.4 Å². The highest BCUT2D eigenvalue weighted by Gasteiger charge is 2.20. The molecule has 2 nitrogen and oxygen atoms in total. The van der Waals surface area contributed by atoms with Gasteiger partial charge in [-0.3, -0.25) is 0 Å². The average molecular weight is 364 g/mol. The van der Waals surface area contributed by atoms with Crippen LogP contribution in [0.5, 0.6) is 0 Å². The highest BCUT2D eigenvalue weighted by atomic mass is 19.2. The topological polar surface area (TPSA) is 18.5 Å². The lowest BCUT2D eigenvalue weighted by Gasteiger charge is -2.22. The summed E-state index contributed by atoms with van der Waals surface area (Å²) in [7, 11) is 0. The molecule has 1 aromatic carbocycles. The molecule has 0 aromatic heterocycles. The van der Waals surface area contributed by atoms with Crippen LogP contribution in [0.3, 0.4) is 0 Å². The van der Waals surface area contributed by atoms with Crippen molar-refractivity contribution in [3.63, 3.8) is 0 Å². The predicted molar refractivity (Wildman–Crippen MR) is 102 cm³/mol. The Morgan fingerprint density at radius 1 is 1.15 bits per heavy atom. The normalized spacial score (nSPS) is 17.7. The molecule has 0 N–H and O–H groups in total. The first kappa shape index (κ1) is 20.8. The van der Waals surface area contributed by atoms with E-state index in [9.17, 15) is 8.78 Å². The number of allylic oxidation sites excluding steroid dienone is 4. The molecule has 2 rings (SSSR count). The second-order valence-electron chi connectivity index (χ2n) is 6.67. The van der Waals surface area contributed by atoms with Gasteiger partial charge in [-0.25, -0.2) is 8.78 Å². The van der Waals surface area contributed by atoms with E-state index < -0.39 is 11.6 Å². The van der Waals surface area contributed by atoms with Crippen LogP contribution in [-0.2, 0) is 16.1 Å². The molecule has 4 heteroatoms. The second kappa shape index (κ2) is 11.2. The number of hydrogen-bond acceptors (Lipinski definition) is 2. The van der Waals surface area contributed by atoms with Gasteiger partial charge in [0.2, 0.25) is 0 Å². The maximum Gasteiger partial charge on any atom is 0.166 e. The molecule has 0 aliphatic heterocycles. The van der Waals surface area contributed by atoms with Gasteiger partial charge in [-0.2, -0.15) is 0 Å². The van der Waals surface area contributed by atoms with Crippen molar-refractivity contribution in [3.05, 3.63) is 53.1 Å². The molecule has 144 valence electrons. The van der Waals surface area contributed by atoms with Crippen molar-refractivity contribution >= 4 is 5.57 Å². The first-order valence-electron chi connectivity index (χ1n) is 9.60. The highest BCUT2D eigenvalue weighted by Crippen LogP contribution is 2.34. The first-order chi connectivity index (χ1) is 12.7. The largest absolute Gasteiger partial charge is 0.379 e. The Labute approximate surface area is 155 Å². The predicted octanol–water partition coefficient (Wildman–Crippen LogP) is 6.06. The Hall–Kier alpha value is -1.52. The molecule has 0 amide bonds. The summed E-state index contributed by atoms with van der Waals surface area (Å²) in [4.78, 5) is 0. The Kier molecular flexibility index (Phi) is 8.99. The van der Waals surface area contributed by atoms with Crippen LogP contribution >= 0.6 is 0 Å². The monoisotopic (exact) mass is 364 g/mol. The molecular formula is C22H30F2O2. The van der Waals surface area contributed by atoms with E-state index in [4.69, 9.17) is 9.47 Å². The third kappa shape index (κ3) is 6.03. The quantitative estimate of drug-likeness (QED) is 0.371. The zero-order valence-electron chi connectivity index (χ0n) is 15.9. The lowest BCUT2D eigenvalue weighted by molar-refractivity contribution is 0.0441. The van der Waals surface area contributed by atoms with Crippen LogP contribution < -0.4 is 0 Å². The van der Waals surface area contributed by atoms with Gasteiger partial charge in [0.05, 0.1) is 19.8 Å². The van der Waals surface area contributed by atoms with E-state index in [0.29, 0.717) is 31.3 Å². The Balaban J connectivity index is 1.95. The minimum atomic E-state index is -0.796. The van der Waals surface area contributed by atoms with E-state index in [0.717, 1.165) is 37.7 Å².